The topological polar surface area (TPSA) is 49.3 Å². The van der Waals surface area contributed by atoms with Crippen LogP contribution in [0.5, 0.6) is 5.75 Å². The van der Waals surface area contributed by atoms with Crippen molar-refractivity contribution in [2.45, 2.75) is 45.1 Å². The normalized spacial score (nSPS) is 18.0. The van der Waals surface area contributed by atoms with Crippen LogP contribution in [0.2, 0.25) is 0 Å². The molecule has 3 heteroatoms. The Morgan fingerprint density at radius 1 is 1.35 bits per heavy atom. The minimum absolute atomic E-state index is 0.0894. The molecule has 0 unspecified atom stereocenters. The molecular formula is C14H19NO2. The molecule has 0 radical (unpaired) electrons. The van der Waals surface area contributed by atoms with Crippen LogP contribution < -0.4 is 5.32 Å². The number of benzene rings is 1. The first-order valence-electron chi connectivity index (χ1n) is 6.13. The van der Waals surface area contributed by atoms with E-state index in [4.69, 9.17) is 0 Å². The maximum Gasteiger partial charge on any atom is 0.255 e. The number of phenolic OH excluding ortho intramolecular Hbond substituents is 1. The minimum Gasteiger partial charge on any atom is -0.507 e. The zero-order valence-corrected chi connectivity index (χ0v) is 10.4. The average molecular weight is 233 g/mol. The molecule has 3 nitrogen and oxygen atoms in total. The molecule has 1 aliphatic carbocycles. The highest BCUT2D eigenvalue weighted by atomic mass is 16.3. The molecular weight excluding hydrogens is 214 g/mol. The fraction of sp³-hybridized carbons (Fsp3) is 0.500. The van der Waals surface area contributed by atoms with Crippen LogP contribution in [0.4, 0.5) is 0 Å². The second-order valence-corrected chi connectivity index (χ2v) is 5.19. The molecule has 0 aliphatic heterocycles. The molecule has 0 aromatic heterocycles. The molecule has 2 N–H and O–H groups in total. The summed E-state index contributed by atoms with van der Waals surface area (Å²) >= 11 is 0. The van der Waals surface area contributed by atoms with E-state index in [0.29, 0.717) is 5.56 Å². The first-order valence-corrected chi connectivity index (χ1v) is 6.13. The van der Waals surface area contributed by atoms with Gasteiger partial charge >= 0.3 is 0 Å². The lowest BCUT2D eigenvalue weighted by molar-refractivity contribution is 0.0905. The van der Waals surface area contributed by atoms with Crippen molar-refractivity contribution in [2.24, 2.45) is 0 Å². The van der Waals surface area contributed by atoms with Crippen molar-refractivity contribution in [3.8, 4) is 5.75 Å². The second-order valence-electron chi connectivity index (χ2n) is 5.19. The van der Waals surface area contributed by atoms with Crippen LogP contribution in [0.3, 0.4) is 0 Å². The SMILES string of the molecule is Cc1cccc(C(=O)NC2(C)CCCC2)c1O. The van der Waals surface area contributed by atoms with Gasteiger partial charge in [-0.2, -0.15) is 0 Å². The highest BCUT2D eigenvalue weighted by molar-refractivity contribution is 5.97. The van der Waals surface area contributed by atoms with Crippen LogP contribution in [0, 0.1) is 6.92 Å². The first-order chi connectivity index (χ1) is 8.02. The van der Waals surface area contributed by atoms with Crippen molar-refractivity contribution < 1.29 is 9.90 Å². The van der Waals surface area contributed by atoms with Crippen LogP contribution in [0.15, 0.2) is 18.2 Å². The van der Waals surface area contributed by atoms with Gasteiger partial charge in [-0.25, -0.2) is 0 Å². The third kappa shape index (κ3) is 2.43. The predicted octanol–water partition coefficient (Wildman–Crippen LogP) is 2.76. The van der Waals surface area contributed by atoms with Gasteiger partial charge in [-0.1, -0.05) is 25.0 Å². The lowest BCUT2D eigenvalue weighted by atomic mass is 9.99. The molecule has 1 saturated carbocycles. The third-order valence-electron chi connectivity index (χ3n) is 3.60. The number of aryl methyl sites for hydroxylation is 1. The number of aromatic hydroxyl groups is 1. The van der Waals surface area contributed by atoms with E-state index in [1.54, 1.807) is 25.1 Å². The van der Waals surface area contributed by atoms with E-state index in [9.17, 15) is 9.90 Å². The maximum absolute atomic E-state index is 12.1. The molecule has 0 bridgehead atoms. The lowest BCUT2D eigenvalue weighted by Gasteiger charge is -2.25. The molecule has 0 spiro atoms. The Bertz CT molecular complexity index is 434. The Labute approximate surface area is 102 Å². The van der Waals surface area contributed by atoms with Crippen LogP contribution >= 0.6 is 0 Å². The van der Waals surface area contributed by atoms with Gasteiger partial charge in [0.15, 0.2) is 0 Å². The Hall–Kier alpha value is -1.51. The zero-order valence-electron chi connectivity index (χ0n) is 10.4. The number of rotatable bonds is 2. The van der Waals surface area contributed by atoms with E-state index in [1.807, 2.05) is 0 Å². The molecule has 0 heterocycles. The fourth-order valence-corrected chi connectivity index (χ4v) is 2.46. The van der Waals surface area contributed by atoms with Crippen LogP contribution in [0.1, 0.15) is 48.5 Å². The van der Waals surface area contributed by atoms with Crippen molar-refractivity contribution in [3.05, 3.63) is 29.3 Å². The summed E-state index contributed by atoms with van der Waals surface area (Å²) < 4.78 is 0. The van der Waals surface area contributed by atoms with Crippen molar-refractivity contribution >= 4 is 5.91 Å². The third-order valence-corrected chi connectivity index (χ3v) is 3.60. The van der Waals surface area contributed by atoms with E-state index in [2.05, 4.69) is 12.2 Å². The van der Waals surface area contributed by atoms with Gasteiger partial charge in [0.05, 0.1) is 5.56 Å². The van der Waals surface area contributed by atoms with Gasteiger partial charge in [0.25, 0.3) is 5.91 Å². The van der Waals surface area contributed by atoms with Gasteiger partial charge in [0, 0.05) is 5.54 Å². The fourth-order valence-electron chi connectivity index (χ4n) is 2.46. The summed E-state index contributed by atoms with van der Waals surface area (Å²) in [5.41, 5.74) is 1.00. The van der Waals surface area contributed by atoms with E-state index in [-0.39, 0.29) is 17.2 Å². The van der Waals surface area contributed by atoms with E-state index < -0.39 is 0 Å². The Kier molecular flexibility index (Phi) is 3.09. The summed E-state index contributed by atoms with van der Waals surface area (Å²) in [5, 5.41) is 12.9. The first kappa shape index (κ1) is 12.0. The summed E-state index contributed by atoms with van der Waals surface area (Å²) in [5.74, 6) is -0.0813. The largest absolute Gasteiger partial charge is 0.507 e. The van der Waals surface area contributed by atoms with Gasteiger partial charge < -0.3 is 10.4 Å². The summed E-state index contributed by atoms with van der Waals surface area (Å²) in [6.07, 6.45) is 4.36. The van der Waals surface area contributed by atoms with Gasteiger partial charge in [0.2, 0.25) is 0 Å². The van der Waals surface area contributed by atoms with E-state index >= 15 is 0 Å². The number of phenols is 1. The van der Waals surface area contributed by atoms with E-state index in [1.165, 1.54) is 0 Å². The van der Waals surface area contributed by atoms with E-state index in [0.717, 1.165) is 31.2 Å². The number of para-hydroxylation sites is 1. The number of amides is 1. The van der Waals surface area contributed by atoms with Gasteiger partial charge in [0.1, 0.15) is 5.75 Å². The molecule has 0 saturated heterocycles. The smallest absolute Gasteiger partial charge is 0.255 e. The summed E-state index contributed by atoms with van der Waals surface area (Å²) in [6.45, 7) is 3.87. The van der Waals surface area contributed by atoms with Crippen LogP contribution in [-0.4, -0.2) is 16.6 Å². The summed E-state index contributed by atoms with van der Waals surface area (Å²) in [6, 6.07) is 5.25. The highest BCUT2D eigenvalue weighted by Gasteiger charge is 2.31. The van der Waals surface area contributed by atoms with Gasteiger partial charge in [-0.05, 0) is 38.3 Å². The molecule has 1 aromatic rings. The van der Waals surface area contributed by atoms with Crippen molar-refractivity contribution in [1.82, 2.24) is 5.32 Å². The number of hydrogen-bond acceptors (Lipinski definition) is 2. The maximum atomic E-state index is 12.1. The standard InChI is InChI=1S/C14H19NO2/c1-10-6-5-7-11(12(10)16)13(17)15-14(2)8-3-4-9-14/h5-7,16H,3-4,8-9H2,1-2H3,(H,15,17). The zero-order chi connectivity index (χ0) is 12.5. The average Bonchev–Trinajstić information content (AvgIpc) is 2.68. The van der Waals surface area contributed by atoms with Crippen LogP contribution in [0.25, 0.3) is 0 Å². The molecule has 0 atom stereocenters. The molecule has 1 aliphatic rings. The number of hydrogen-bond donors (Lipinski definition) is 2. The van der Waals surface area contributed by atoms with Crippen LogP contribution in [-0.2, 0) is 0 Å². The number of carbonyl (C=O) groups excluding carboxylic acids is 1. The van der Waals surface area contributed by atoms with Crippen molar-refractivity contribution in [3.63, 3.8) is 0 Å². The van der Waals surface area contributed by atoms with Gasteiger partial charge in [-0.15, -0.1) is 0 Å². The number of carbonyl (C=O) groups is 1. The molecule has 92 valence electrons. The molecule has 1 amide bonds. The molecule has 17 heavy (non-hydrogen) atoms. The Morgan fingerprint density at radius 2 is 2.00 bits per heavy atom. The van der Waals surface area contributed by atoms with Crippen molar-refractivity contribution in [2.75, 3.05) is 0 Å². The summed E-state index contributed by atoms with van der Waals surface area (Å²) in [4.78, 5) is 12.1. The molecule has 1 aromatic carbocycles. The minimum atomic E-state index is -0.171. The van der Waals surface area contributed by atoms with Crippen molar-refractivity contribution in [1.29, 1.82) is 0 Å². The second kappa shape index (κ2) is 4.40. The Morgan fingerprint density at radius 3 is 2.65 bits per heavy atom. The highest BCUT2D eigenvalue weighted by Crippen LogP contribution is 2.30. The Balaban J connectivity index is 2.17. The summed E-state index contributed by atoms with van der Waals surface area (Å²) in [7, 11) is 0. The lowest BCUT2D eigenvalue weighted by Crippen LogP contribution is -2.43. The van der Waals surface area contributed by atoms with Gasteiger partial charge in [-0.3, -0.25) is 4.79 Å². The predicted molar refractivity (Wildman–Crippen MR) is 67.2 cm³/mol. The quantitative estimate of drug-likeness (QED) is 0.825. The molecule has 1 fully saturated rings. The monoisotopic (exact) mass is 233 g/mol. The number of nitrogens with one attached hydrogen (secondary N) is 1. The molecule has 2 rings (SSSR count).